The number of hydrogen-bond acceptors (Lipinski definition) is 5. The summed E-state index contributed by atoms with van der Waals surface area (Å²) in [5.41, 5.74) is -0.0618. The number of likely N-dealkylation sites (N-methyl/N-ethyl adjacent to an activating group) is 1. The number of ether oxygens (including phenoxy) is 1. The van der Waals surface area contributed by atoms with E-state index in [1.54, 1.807) is 24.3 Å². The number of carbonyl (C=O) groups excluding carboxylic acids is 1. The predicted octanol–water partition coefficient (Wildman–Crippen LogP) is 2.78. The lowest BCUT2D eigenvalue weighted by Crippen LogP contribution is -2.29. The summed E-state index contributed by atoms with van der Waals surface area (Å²) < 4.78 is 43.5. The van der Waals surface area contributed by atoms with Crippen LogP contribution in [0.5, 0.6) is 5.88 Å². The molecule has 2 aromatic rings. The van der Waals surface area contributed by atoms with Crippen molar-refractivity contribution in [3.63, 3.8) is 0 Å². The highest BCUT2D eigenvalue weighted by atomic mass is 19.4. The first-order chi connectivity index (χ1) is 12.4. The fourth-order valence-corrected chi connectivity index (χ4v) is 2.10. The van der Waals surface area contributed by atoms with Gasteiger partial charge < -0.3 is 14.9 Å². The minimum Gasteiger partial charge on any atom is -0.473 e. The summed E-state index contributed by atoms with van der Waals surface area (Å²) in [6, 6.07) is 10.1. The van der Waals surface area contributed by atoms with Gasteiger partial charge in [-0.05, 0) is 11.6 Å². The number of rotatable bonds is 6. The minimum atomic E-state index is -4.56. The van der Waals surface area contributed by atoms with E-state index < -0.39 is 17.8 Å². The maximum atomic E-state index is 12.7. The van der Waals surface area contributed by atoms with Gasteiger partial charge in [-0.2, -0.15) is 13.2 Å². The maximum Gasteiger partial charge on any atom is 0.433 e. The number of amides is 1. The average molecular weight is 367 g/mol. The molecule has 1 heterocycles. The molecule has 0 bridgehead atoms. The third-order valence-electron chi connectivity index (χ3n) is 3.29. The Labute approximate surface area is 147 Å². The standard InChI is InChI=1S/C17H16F3N3O3/c1-21-16(24)15(23-25-2)12-7-4-3-6-11(12)10-26-14-9-5-8-13(22-14)17(18,19)20/h3-9H,10H2,1-2H3,(H,21,24)/b23-15+. The molecule has 138 valence electrons. The van der Waals surface area contributed by atoms with E-state index in [0.717, 1.165) is 6.07 Å². The van der Waals surface area contributed by atoms with Gasteiger partial charge in [0.2, 0.25) is 5.88 Å². The first kappa shape index (κ1) is 19.2. The first-order valence-electron chi connectivity index (χ1n) is 7.45. The molecule has 0 spiro atoms. The highest BCUT2D eigenvalue weighted by Crippen LogP contribution is 2.28. The number of benzene rings is 1. The molecular formula is C17H16F3N3O3. The van der Waals surface area contributed by atoms with Crippen LogP contribution in [-0.4, -0.2) is 30.8 Å². The number of nitrogens with zero attached hydrogens (tertiary/aromatic N) is 2. The van der Waals surface area contributed by atoms with Crippen molar-refractivity contribution in [1.82, 2.24) is 10.3 Å². The number of oxime groups is 1. The van der Waals surface area contributed by atoms with Crippen LogP contribution in [-0.2, 0) is 22.4 Å². The fourth-order valence-electron chi connectivity index (χ4n) is 2.10. The van der Waals surface area contributed by atoms with Crippen LogP contribution >= 0.6 is 0 Å². The van der Waals surface area contributed by atoms with Gasteiger partial charge in [0.05, 0.1) is 0 Å². The molecule has 2 rings (SSSR count). The number of nitrogens with one attached hydrogen (secondary N) is 1. The molecule has 0 unspecified atom stereocenters. The Balaban J connectivity index is 2.26. The van der Waals surface area contributed by atoms with Gasteiger partial charge in [0.1, 0.15) is 19.4 Å². The van der Waals surface area contributed by atoms with Crippen molar-refractivity contribution in [2.45, 2.75) is 12.8 Å². The van der Waals surface area contributed by atoms with Gasteiger partial charge in [-0.3, -0.25) is 4.79 Å². The third kappa shape index (κ3) is 4.71. The third-order valence-corrected chi connectivity index (χ3v) is 3.29. The zero-order valence-corrected chi connectivity index (χ0v) is 14.0. The normalized spacial score (nSPS) is 11.8. The number of aromatic nitrogens is 1. The fraction of sp³-hybridized carbons (Fsp3) is 0.235. The number of carbonyl (C=O) groups is 1. The molecule has 1 aromatic carbocycles. The molecule has 1 amide bonds. The van der Waals surface area contributed by atoms with Crippen molar-refractivity contribution in [3.8, 4) is 5.88 Å². The quantitative estimate of drug-likeness (QED) is 0.629. The van der Waals surface area contributed by atoms with Crippen LogP contribution in [0, 0.1) is 0 Å². The Morgan fingerprint density at radius 3 is 2.58 bits per heavy atom. The molecule has 6 nitrogen and oxygen atoms in total. The van der Waals surface area contributed by atoms with Crippen LogP contribution in [0.15, 0.2) is 47.6 Å². The molecule has 0 aliphatic rings. The molecule has 1 N–H and O–H groups in total. The summed E-state index contributed by atoms with van der Waals surface area (Å²) in [6.07, 6.45) is -4.56. The maximum absolute atomic E-state index is 12.7. The van der Waals surface area contributed by atoms with Crippen LogP contribution in [0.4, 0.5) is 13.2 Å². The van der Waals surface area contributed by atoms with E-state index in [9.17, 15) is 18.0 Å². The highest BCUT2D eigenvalue weighted by molar-refractivity contribution is 6.45. The SMILES string of the molecule is CNC(=O)/C(=N/OC)c1ccccc1COc1cccc(C(F)(F)F)n1. The molecule has 0 radical (unpaired) electrons. The van der Waals surface area contributed by atoms with Crippen molar-refractivity contribution in [2.24, 2.45) is 5.16 Å². The summed E-state index contributed by atoms with van der Waals surface area (Å²) in [5.74, 6) is -0.656. The molecule has 0 aliphatic carbocycles. The zero-order valence-electron chi connectivity index (χ0n) is 14.0. The van der Waals surface area contributed by atoms with E-state index in [-0.39, 0.29) is 18.2 Å². The summed E-state index contributed by atoms with van der Waals surface area (Å²) in [4.78, 5) is 20.1. The summed E-state index contributed by atoms with van der Waals surface area (Å²) in [6.45, 7) is -0.107. The van der Waals surface area contributed by atoms with Gasteiger partial charge >= 0.3 is 6.18 Å². The second-order valence-electron chi connectivity index (χ2n) is 5.01. The molecule has 0 saturated heterocycles. The molecule has 0 aliphatic heterocycles. The smallest absolute Gasteiger partial charge is 0.433 e. The molecular weight excluding hydrogens is 351 g/mol. The van der Waals surface area contributed by atoms with E-state index in [1.165, 1.54) is 26.3 Å². The number of pyridine rings is 1. The predicted molar refractivity (Wildman–Crippen MR) is 87.6 cm³/mol. The van der Waals surface area contributed by atoms with E-state index in [1.807, 2.05) is 0 Å². The van der Waals surface area contributed by atoms with Crippen molar-refractivity contribution >= 4 is 11.6 Å². The van der Waals surface area contributed by atoms with Crippen LogP contribution in [0.2, 0.25) is 0 Å². The minimum absolute atomic E-state index is 0.0196. The van der Waals surface area contributed by atoms with E-state index in [2.05, 4.69) is 15.5 Å². The first-order valence-corrected chi connectivity index (χ1v) is 7.45. The van der Waals surface area contributed by atoms with E-state index in [0.29, 0.717) is 11.1 Å². The van der Waals surface area contributed by atoms with E-state index in [4.69, 9.17) is 9.57 Å². The summed E-state index contributed by atoms with van der Waals surface area (Å²) in [5, 5.41) is 6.16. The number of halogens is 3. The Hall–Kier alpha value is -3.10. The second kappa shape index (κ2) is 8.32. The average Bonchev–Trinajstić information content (AvgIpc) is 2.64. The van der Waals surface area contributed by atoms with Gasteiger partial charge in [0.25, 0.3) is 5.91 Å². The topological polar surface area (TPSA) is 72.8 Å². The van der Waals surface area contributed by atoms with Crippen molar-refractivity contribution < 1.29 is 27.5 Å². The Bertz CT molecular complexity index is 807. The summed E-state index contributed by atoms with van der Waals surface area (Å²) >= 11 is 0. The van der Waals surface area contributed by atoms with Gasteiger partial charge in [0.15, 0.2) is 5.71 Å². The van der Waals surface area contributed by atoms with Gasteiger partial charge in [0, 0.05) is 18.7 Å². The zero-order chi connectivity index (χ0) is 19.2. The Morgan fingerprint density at radius 1 is 1.19 bits per heavy atom. The number of alkyl halides is 3. The van der Waals surface area contributed by atoms with Crippen LogP contribution in [0.25, 0.3) is 0 Å². The van der Waals surface area contributed by atoms with Gasteiger partial charge in [-0.15, -0.1) is 0 Å². The van der Waals surface area contributed by atoms with Crippen molar-refractivity contribution in [2.75, 3.05) is 14.2 Å². The molecule has 1 aromatic heterocycles. The van der Waals surface area contributed by atoms with E-state index >= 15 is 0 Å². The van der Waals surface area contributed by atoms with Crippen LogP contribution < -0.4 is 10.1 Å². The summed E-state index contributed by atoms with van der Waals surface area (Å²) in [7, 11) is 2.74. The molecule has 0 atom stereocenters. The second-order valence-corrected chi connectivity index (χ2v) is 5.01. The largest absolute Gasteiger partial charge is 0.473 e. The molecule has 0 fully saturated rings. The highest BCUT2D eigenvalue weighted by Gasteiger charge is 2.32. The van der Waals surface area contributed by atoms with Crippen LogP contribution in [0.3, 0.4) is 0 Å². The molecule has 26 heavy (non-hydrogen) atoms. The lowest BCUT2D eigenvalue weighted by molar-refractivity contribution is -0.141. The Kier molecular flexibility index (Phi) is 6.16. The molecule has 9 heteroatoms. The monoisotopic (exact) mass is 367 g/mol. The van der Waals surface area contributed by atoms with Gasteiger partial charge in [-0.25, -0.2) is 4.98 Å². The number of hydrogen-bond donors (Lipinski definition) is 1. The Morgan fingerprint density at radius 2 is 1.92 bits per heavy atom. The molecule has 0 saturated carbocycles. The lowest BCUT2D eigenvalue weighted by Gasteiger charge is -2.12. The van der Waals surface area contributed by atoms with Gasteiger partial charge in [-0.1, -0.05) is 35.5 Å². The lowest BCUT2D eigenvalue weighted by atomic mass is 10.0. The van der Waals surface area contributed by atoms with Crippen LogP contribution in [0.1, 0.15) is 16.8 Å². The van der Waals surface area contributed by atoms with Crippen molar-refractivity contribution in [1.29, 1.82) is 0 Å². The van der Waals surface area contributed by atoms with Crippen molar-refractivity contribution in [3.05, 3.63) is 59.3 Å².